The molecular formula is C21H27IN4O2. The van der Waals surface area contributed by atoms with E-state index in [4.69, 9.17) is 5.73 Å². The minimum atomic E-state index is -0.118. The molecule has 0 radical (unpaired) electrons. The molecule has 2 aliphatic carbocycles. The van der Waals surface area contributed by atoms with Gasteiger partial charge < -0.3 is 11.1 Å². The van der Waals surface area contributed by atoms with E-state index < -0.39 is 0 Å². The molecule has 2 amide bonds. The predicted octanol–water partition coefficient (Wildman–Crippen LogP) is 2.85. The fraction of sp³-hybridized carbons (Fsp3) is 0.476. The lowest BCUT2D eigenvalue weighted by Gasteiger charge is -2.16. The van der Waals surface area contributed by atoms with Crippen molar-refractivity contribution in [2.45, 2.75) is 26.7 Å². The number of hydrogen-bond acceptors (Lipinski definition) is 3. The van der Waals surface area contributed by atoms with Crippen LogP contribution in [0.2, 0.25) is 0 Å². The van der Waals surface area contributed by atoms with Crippen LogP contribution in [-0.2, 0) is 9.59 Å². The number of halogens is 1. The van der Waals surface area contributed by atoms with E-state index in [2.05, 4.69) is 28.5 Å². The number of allylic oxidation sites excluding steroid dienone is 2. The van der Waals surface area contributed by atoms with Crippen molar-refractivity contribution in [3.8, 4) is 0 Å². The van der Waals surface area contributed by atoms with Crippen LogP contribution in [0.1, 0.15) is 24.0 Å². The highest BCUT2D eigenvalue weighted by Crippen LogP contribution is 2.52. The summed E-state index contributed by atoms with van der Waals surface area (Å²) in [4.78, 5) is 31.0. The van der Waals surface area contributed by atoms with Gasteiger partial charge in [-0.05, 0) is 61.8 Å². The number of hydrogen-bond donors (Lipinski definition) is 2. The van der Waals surface area contributed by atoms with Crippen LogP contribution in [0.15, 0.2) is 35.3 Å². The average Bonchev–Trinajstić information content (AvgIpc) is 3.26. The molecule has 0 aromatic heterocycles. The molecule has 4 unspecified atom stereocenters. The van der Waals surface area contributed by atoms with Gasteiger partial charge in [-0.2, -0.15) is 0 Å². The Bertz CT molecular complexity index is 801. The van der Waals surface area contributed by atoms with Crippen LogP contribution in [0.4, 0.5) is 5.69 Å². The largest absolute Gasteiger partial charge is 0.370 e. The molecule has 6 nitrogen and oxygen atoms in total. The van der Waals surface area contributed by atoms with Gasteiger partial charge in [0, 0.05) is 18.8 Å². The summed E-state index contributed by atoms with van der Waals surface area (Å²) in [5.74, 6) is 0.645. The number of carbonyl (C=O) groups excluding carboxylic acids is 2. The second-order valence-electron chi connectivity index (χ2n) is 7.95. The number of aryl methyl sites for hydroxylation is 2. The van der Waals surface area contributed by atoms with Crippen molar-refractivity contribution >= 4 is 47.4 Å². The maximum absolute atomic E-state index is 12.6. The number of amides is 2. The van der Waals surface area contributed by atoms with E-state index in [9.17, 15) is 9.59 Å². The van der Waals surface area contributed by atoms with Gasteiger partial charge in [-0.3, -0.25) is 19.5 Å². The molecule has 4 rings (SSSR count). The molecule has 0 spiro atoms. The number of carbonyl (C=O) groups is 2. The summed E-state index contributed by atoms with van der Waals surface area (Å²) >= 11 is 0. The van der Waals surface area contributed by atoms with Crippen LogP contribution in [0.25, 0.3) is 0 Å². The van der Waals surface area contributed by atoms with Crippen molar-refractivity contribution in [3.63, 3.8) is 0 Å². The molecule has 1 aromatic carbocycles. The summed E-state index contributed by atoms with van der Waals surface area (Å²) < 4.78 is 0. The Kier molecular flexibility index (Phi) is 6.12. The highest BCUT2D eigenvalue weighted by Gasteiger charge is 2.58. The van der Waals surface area contributed by atoms with Gasteiger partial charge in [0.05, 0.1) is 11.8 Å². The lowest BCUT2D eigenvalue weighted by molar-refractivity contribution is -0.140. The predicted molar refractivity (Wildman–Crippen MR) is 120 cm³/mol. The van der Waals surface area contributed by atoms with Crippen molar-refractivity contribution in [2.24, 2.45) is 34.4 Å². The zero-order valence-electron chi connectivity index (χ0n) is 16.2. The highest BCUT2D eigenvalue weighted by molar-refractivity contribution is 14.0. The molecule has 1 aliphatic heterocycles. The first-order valence-electron chi connectivity index (χ1n) is 9.63. The van der Waals surface area contributed by atoms with Crippen LogP contribution in [0.5, 0.6) is 0 Å². The minimum Gasteiger partial charge on any atom is -0.370 e. The Morgan fingerprint density at radius 2 is 1.68 bits per heavy atom. The van der Waals surface area contributed by atoms with Gasteiger partial charge in [-0.15, -0.1) is 24.0 Å². The number of anilines is 1. The van der Waals surface area contributed by atoms with Crippen molar-refractivity contribution < 1.29 is 9.59 Å². The van der Waals surface area contributed by atoms with Gasteiger partial charge >= 0.3 is 0 Å². The van der Waals surface area contributed by atoms with Gasteiger partial charge in [0.1, 0.15) is 0 Å². The van der Waals surface area contributed by atoms with E-state index >= 15 is 0 Å². The van der Waals surface area contributed by atoms with Gasteiger partial charge in [-0.25, -0.2) is 0 Å². The number of aliphatic imine (C=N–C) groups is 1. The summed E-state index contributed by atoms with van der Waals surface area (Å²) in [6, 6.07) is 6.12. The summed E-state index contributed by atoms with van der Waals surface area (Å²) in [6.45, 7) is 4.96. The standard InChI is InChI=1S/C21H26N4O2.HI/c1-12-8-13(2)10-16(9-12)24-21(22)23-6-3-7-25-19(26)17-14-4-5-15(11-14)18(17)20(25)27;/h4-5,8-10,14-15,17-18H,3,6-7,11H2,1-2H3,(H3,22,23,24);1H. The van der Waals surface area contributed by atoms with Crippen molar-refractivity contribution in [2.75, 3.05) is 18.4 Å². The number of fused-ring (bicyclic) bond motifs is 5. The van der Waals surface area contributed by atoms with E-state index in [1.165, 1.54) is 4.90 Å². The number of likely N-dealkylation sites (tertiary alicyclic amines) is 1. The number of guanidine groups is 1. The lowest BCUT2D eigenvalue weighted by Crippen LogP contribution is -2.34. The molecule has 1 aromatic rings. The highest BCUT2D eigenvalue weighted by atomic mass is 127. The molecule has 2 fully saturated rings. The number of nitrogens with zero attached hydrogens (tertiary/aromatic N) is 2. The van der Waals surface area contributed by atoms with Crippen LogP contribution < -0.4 is 11.1 Å². The van der Waals surface area contributed by atoms with Gasteiger partial charge in [-0.1, -0.05) is 18.2 Å². The first-order chi connectivity index (χ1) is 12.9. The Labute approximate surface area is 182 Å². The van der Waals surface area contributed by atoms with Crippen LogP contribution in [0, 0.1) is 37.5 Å². The molecule has 3 N–H and O–H groups in total. The number of imide groups is 1. The Balaban J connectivity index is 0.00000225. The van der Waals surface area contributed by atoms with E-state index in [-0.39, 0.29) is 59.5 Å². The number of nitrogens with two attached hydrogens (primary N) is 1. The average molecular weight is 494 g/mol. The Morgan fingerprint density at radius 1 is 1.11 bits per heavy atom. The lowest BCUT2D eigenvalue weighted by atomic mass is 9.85. The fourth-order valence-electron chi connectivity index (χ4n) is 4.85. The molecule has 7 heteroatoms. The van der Waals surface area contributed by atoms with E-state index in [0.717, 1.165) is 23.2 Å². The quantitative estimate of drug-likeness (QED) is 0.165. The summed E-state index contributed by atoms with van der Waals surface area (Å²) in [5, 5.41) is 3.09. The second-order valence-corrected chi connectivity index (χ2v) is 7.95. The third-order valence-corrected chi connectivity index (χ3v) is 5.88. The zero-order chi connectivity index (χ0) is 19.1. The molecule has 1 saturated heterocycles. The van der Waals surface area contributed by atoms with Crippen molar-refractivity contribution in [3.05, 3.63) is 41.5 Å². The molecule has 4 atom stereocenters. The monoisotopic (exact) mass is 494 g/mol. The number of nitrogens with one attached hydrogen (secondary N) is 1. The summed E-state index contributed by atoms with van der Waals surface area (Å²) in [7, 11) is 0. The van der Waals surface area contributed by atoms with Crippen LogP contribution in [-0.4, -0.2) is 35.8 Å². The summed E-state index contributed by atoms with van der Waals surface area (Å²) in [6.07, 6.45) is 5.81. The van der Waals surface area contributed by atoms with E-state index in [1.54, 1.807) is 0 Å². The molecule has 3 aliphatic rings. The Hall–Kier alpha value is -1.90. The molecule has 2 bridgehead atoms. The topological polar surface area (TPSA) is 87.8 Å². The third-order valence-electron chi connectivity index (χ3n) is 5.88. The first-order valence-corrected chi connectivity index (χ1v) is 9.63. The normalized spacial score (nSPS) is 27.9. The molecule has 1 heterocycles. The number of rotatable bonds is 5. The number of benzene rings is 1. The van der Waals surface area contributed by atoms with Crippen LogP contribution in [0.3, 0.4) is 0 Å². The second kappa shape index (κ2) is 8.23. The van der Waals surface area contributed by atoms with Crippen molar-refractivity contribution in [1.82, 2.24) is 4.90 Å². The first kappa shape index (κ1) is 20.8. The van der Waals surface area contributed by atoms with Crippen molar-refractivity contribution in [1.29, 1.82) is 0 Å². The van der Waals surface area contributed by atoms with E-state index in [1.807, 2.05) is 26.0 Å². The minimum absolute atomic E-state index is 0. The summed E-state index contributed by atoms with van der Waals surface area (Å²) in [5.41, 5.74) is 9.18. The smallest absolute Gasteiger partial charge is 0.233 e. The Morgan fingerprint density at radius 3 is 2.25 bits per heavy atom. The maximum Gasteiger partial charge on any atom is 0.233 e. The maximum atomic E-state index is 12.6. The fourth-order valence-corrected chi connectivity index (χ4v) is 4.85. The molecule has 150 valence electrons. The van der Waals surface area contributed by atoms with E-state index in [0.29, 0.717) is 25.5 Å². The molecular weight excluding hydrogens is 467 g/mol. The van der Waals surface area contributed by atoms with Gasteiger partial charge in [0.15, 0.2) is 5.96 Å². The molecule has 28 heavy (non-hydrogen) atoms. The SMILES string of the molecule is Cc1cc(C)cc(NC(N)=NCCCN2C(=O)C3C4C=CC(C4)C3C2=O)c1.I. The van der Waals surface area contributed by atoms with Gasteiger partial charge in [0.25, 0.3) is 0 Å². The zero-order valence-corrected chi connectivity index (χ0v) is 18.6. The van der Waals surface area contributed by atoms with Crippen LogP contribution >= 0.6 is 24.0 Å². The molecule has 1 saturated carbocycles. The van der Waals surface area contributed by atoms with Gasteiger partial charge in [0.2, 0.25) is 11.8 Å². The third kappa shape index (κ3) is 3.81.